The van der Waals surface area contributed by atoms with E-state index >= 15 is 0 Å². The van der Waals surface area contributed by atoms with Crippen molar-refractivity contribution in [1.82, 2.24) is 16.0 Å². The number of carbonyl (C=O) groups is 5. The molecule has 0 radical (unpaired) electrons. The maximum absolute atomic E-state index is 13.2. The Morgan fingerprint density at radius 2 is 1.41 bits per heavy atom. The maximum Gasteiger partial charge on any atom is 0.326 e. The smallest absolute Gasteiger partial charge is 0.326 e. The topological polar surface area (TPSA) is 234 Å². The molecule has 0 spiro atoms. The summed E-state index contributed by atoms with van der Waals surface area (Å²) in [5.74, 6) is -4.94. The molecule has 0 aliphatic heterocycles. The number of aliphatic carboxylic acids is 2. The zero-order valence-corrected chi connectivity index (χ0v) is 20.8. The number of nitrogens with one attached hydrogen (secondary N) is 3. The van der Waals surface area contributed by atoms with Crippen molar-refractivity contribution in [2.75, 3.05) is 6.54 Å². The van der Waals surface area contributed by atoms with Crippen molar-refractivity contribution in [3.8, 4) is 0 Å². The summed E-state index contributed by atoms with van der Waals surface area (Å²) < 4.78 is 0. The third-order valence-corrected chi connectivity index (χ3v) is 5.58. The van der Waals surface area contributed by atoms with E-state index in [-0.39, 0.29) is 19.3 Å². The average Bonchev–Trinajstić information content (AvgIpc) is 2.85. The van der Waals surface area contributed by atoms with E-state index in [4.69, 9.17) is 16.6 Å². The van der Waals surface area contributed by atoms with E-state index in [0.29, 0.717) is 24.9 Å². The second kappa shape index (κ2) is 16.2. The van der Waals surface area contributed by atoms with Gasteiger partial charge in [-0.3, -0.25) is 19.2 Å². The molecule has 0 heterocycles. The van der Waals surface area contributed by atoms with Gasteiger partial charge in [0.25, 0.3) is 0 Å². The van der Waals surface area contributed by atoms with Crippen LogP contribution in [-0.4, -0.2) is 81.8 Å². The predicted molar refractivity (Wildman–Crippen MR) is 133 cm³/mol. The lowest BCUT2D eigenvalue weighted by atomic mass is 10.0. The van der Waals surface area contributed by atoms with Crippen LogP contribution >= 0.6 is 0 Å². The largest absolute Gasteiger partial charge is 0.481 e. The third-order valence-electron chi connectivity index (χ3n) is 5.58. The highest BCUT2D eigenvalue weighted by molar-refractivity contribution is 5.94. The maximum atomic E-state index is 13.2. The summed E-state index contributed by atoms with van der Waals surface area (Å²) in [6.45, 7) is 1.67. The van der Waals surface area contributed by atoms with Crippen LogP contribution in [-0.2, 0) is 30.4 Å². The standard InChI is InChI=1S/C24H37N5O8/c1-14(30)20(26)23(35)29-18(13-15-7-3-2-4-8-15)22(34)27-16(9-5-6-12-25)21(33)28-17(24(36)37)10-11-19(31)32/h2-4,7-8,14,16-18,20,30H,5-6,9-13,25-26H2,1H3,(H,27,34)(H,28,33)(H,29,35)(H,31,32)(H,36,37). The number of amides is 3. The number of aliphatic hydroxyl groups excluding tert-OH is 1. The Morgan fingerprint density at radius 3 is 1.95 bits per heavy atom. The Kier molecular flexibility index (Phi) is 13.8. The number of nitrogens with two attached hydrogens (primary N) is 2. The Bertz CT molecular complexity index is 912. The minimum absolute atomic E-state index is 0.0540. The molecule has 37 heavy (non-hydrogen) atoms. The lowest BCUT2D eigenvalue weighted by Crippen LogP contribution is -2.58. The minimum Gasteiger partial charge on any atom is -0.481 e. The molecule has 1 rings (SSSR count). The molecule has 5 atom stereocenters. The van der Waals surface area contributed by atoms with Crippen LogP contribution in [0.15, 0.2) is 30.3 Å². The molecule has 0 aliphatic carbocycles. The number of carbonyl (C=O) groups excluding carboxylic acids is 3. The van der Waals surface area contributed by atoms with Crippen LogP contribution in [0.5, 0.6) is 0 Å². The quantitative estimate of drug-likeness (QED) is 0.110. The lowest BCUT2D eigenvalue weighted by Gasteiger charge is -2.25. The fraction of sp³-hybridized carbons (Fsp3) is 0.542. The first-order chi connectivity index (χ1) is 17.5. The monoisotopic (exact) mass is 523 g/mol. The van der Waals surface area contributed by atoms with Gasteiger partial charge in [0.05, 0.1) is 6.10 Å². The molecule has 1 aromatic rings. The lowest BCUT2D eigenvalue weighted by molar-refractivity contribution is -0.143. The first kappa shape index (κ1) is 31.5. The zero-order chi connectivity index (χ0) is 28.0. The molecule has 5 unspecified atom stereocenters. The number of carboxylic acid groups (broad SMARTS) is 2. The van der Waals surface area contributed by atoms with Crippen LogP contribution in [0.3, 0.4) is 0 Å². The van der Waals surface area contributed by atoms with Crippen molar-refractivity contribution in [2.24, 2.45) is 11.5 Å². The number of rotatable bonds is 17. The van der Waals surface area contributed by atoms with Gasteiger partial charge in [0.2, 0.25) is 17.7 Å². The van der Waals surface area contributed by atoms with E-state index in [0.717, 1.165) is 0 Å². The Balaban J connectivity index is 3.10. The highest BCUT2D eigenvalue weighted by Crippen LogP contribution is 2.08. The Labute approximate surface area is 215 Å². The fourth-order valence-electron chi connectivity index (χ4n) is 3.38. The van der Waals surface area contributed by atoms with Gasteiger partial charge in [0, 0.05) is 12.8 Å². The van der Waals surface area contributed by atoms with Gasteiger partial charge in [-0.1, -0.05) is 30.3 Å². The summed E-state index contributed by atoms with van der Waals surface area (Å²) in [7, 11) is 0. The van der Waals surface area contributed by atoms with Gasteiger partial charge in [0.15, 0.2) is 0 Å². The molecule has 0 aliphatic rings. The van der Waals surface area contributed by atoms with E-state index in [1.807, 2.05) is 0 Å². The molecule has 3 amide bonds. The Morgan fingerprint density at radius 1 is 0.838 bits per heavy atom. The van der Waals surface area contributed by atoms with E-state index in [2.05, 4.69) is 16.0 Å². The van der Waals surface area contributed by atoms with Crippen LogP contribution in [0.4, 0.5) is 0 Å². The zero-order valence-electron chi connectivity index (χ0n) is 20.8. The van der Waals surface area contributed by atoms with Gasteiger partial charge in [-0.2, -0.15) is 0 Å². The number of carboxylic acids is 2. The average molecular weight is 524 g/mol. The molecule has 0 bridgehead atoms. The second-order valence-electron chi connectivity index (χ2n) is 8.69. The van der Waals surface area contributed by atoms with Gasteiger partial charge in [-0.15, -0.1) is 0 Å². The van der Waals surface area contributed by atoms with Gasteiger partial charge in [0.1, 0.15) is 24.2 Å². The van der Waals surface area contributed by atoms with Gasteiger partial charge in [-0.05, 0) is 44.7 Å². The summed E-state index contributed by atoms with van der Waals surface area (Å²) >= 11 is 0. The van der Waals surface area contributed by atoms with Crippen molar-refractivity contribution >= 4 is 29.7 Å². The predicted octanol–water partition coefficient (Wildman–Crippen LogP) is -1.53. The molecule has 1 aromatic carbocycles. The van der Waals surface area contributed by atoms with E-state index < -0.39 is 66.4 Å². The molecular weight excluding hydrogens is 486 g/mol. The first-order valence-corrected chi connectivity index (χ1v) is 12.0. The summed E-state index contributed by atoms with van der Waals surface area (Å²) in [6.07, 6.45) is -0.842. The van der Waals surface area contributed by atoms with Crippen molar-refractivity contribution in [3.05, 3.63) is 35.9 Å². The summed E-state index contributed by atoms with van der Waals surface area (Å²) in [5.41, 5.74) is 11.9. The number of aliphatic hydroxyl groups is 1. The summed E-state index contributed by atoms with van der Waals surface area (Å²) in [6, 6.07) is 3.67. The number of hydrogen-bond acceptors (Lipinski definition) is 8. The molecule has 13 nitrogen and oxygen atoms in total. The number of hydrogen-bond donors (Lipinski definition) is 8. The highest BCUT2D eigenvalue weighted by atomic mass is 16.4. The fourth-order valence-corrected chi connectivity index (χ4v) is 3.38. The first-order valence-electron chi connectivity index (χ1n) is 12.0. The van der Waals surface area contributed by atoms with Crippen LogP contribution in [0.1, 0.15) is 44.6 Å². The summed E-state index contributed by atoms with van der Waals surface area (Å²) in [4.78, 5) is 61.0. The van der Waals surface area contributed by atoms with E-state index in [1.165, 1.54) is 6.92 Å². The molecule has 0 saturated carbocycles. The van der Waals surface area contributed by atoms with Crippen molar-refractivity contribution in [1.29, 1.82) is 0 Å². The van der Waals surface area contributed by atoms with Crippen LogP contribution in [0, 0.1) is 0 Å². The normalized spacial score (nSPS) is 14.9. The van der Waals surface area contributed by atoms with Crippen molar-refractivity contribution in [2.45, 2.75) is 75.7 Å². The molecule has 10 N–H and O–H groups in total. The van der Waals surface area contributed by atoms with Gasteiger partial charge >= 0.3 is 11.9 Å². The molecular formula is C24H37N5O8. The summed E-state index contributed by atoms with van der Waals surface area (Å²) in [5, 5.41) is 35.2. The second-order valence-corrected chi connectivity index (χ2v) is 8.69. The van der Waals surface area contributed by atoms with E-state index in [9.17, 15) is 34.2 Å². The van der Waals surface area contributed by atoms with Crippen molar-refractivity contribution in [3.63, 3.8) is 0 Å². The van der Waals surface area contributed by atoms with Gasteiger partial charge < -0.3 is 42.7 Å². The third kappa shape index (κ3) is 11.8. The molecule has 0 saturated heterocycles. The van der Waals surface area contributed by atoms with Crippen molar-refractivity contribution < 1.29 is 39.3 Å². The Hall–Kier alpha value is -3.55. The SMILES string of the molecule is CC(O)C(N)C(=O)NC(Cc1ccccc1)C(=O)NC(CCCCN)C(=O)NC(CCC(=O)O)C(=O)O. The number of unbranched alkanes of at least 4 members (excludes halogenated alkanes) is 1. The highest BCUT2D eigenvalue weighted by Gasteiger charge is 2.31. The molecule has 0 aromatic heterocycles. The van der Waals surface area contributed by atoms with Gasteiger partial charge in [-0.25, -0.2) is 4.79 Å². The number of benzene rings is 1. The molecule has 13 heteroatoms. The van der Waals surface area contributed by atoms with Crippen LogP contribution < -0.4 is 27.4 Å². The van der Waals surface area contributed by atoms with Crippen LogP contribution in [0.2, 0.25) is 0 Å². The minimum atomic E-state index is -1.47. The molecule has 206 valence electrons. The van der Waals surface area contributed by atoms with Crippen LogP contribution in [0.25, 0.3) is 0 Å². The van der Waals surface area contributed by atoms with E-state index in [1.54, 1.807) is 30.3 Å². The molecule has 0 fully saturated rings.